The normalized spacial score (nSPS) is 12.1. The van der Waals surface area contributed by atoms with Crippen molar-refractivity contribution in [3.63, 3.8) is 0 Å². The van der Waals surface area contributed by atoms with Crippen LogP contribution >= 0.6 is 11.3 Å². The number of thiophene rings is 1. The van der Waals surface area contributed by atoms with Gasteiger partial charge in [0, 0.05) is 28.3 Å². The molecule has 1 unspecified atom stereocenters. The second-order valence-electron chi connectivity index (χ2n) is 10.1. The quantitative estimate of drug-likeness (QED) is 0.136. The number of aromatic nitrogens is 4. The molecule has 2 heterocycles. The van der Waals surface area contributed by atoms with E-state index < -0.39 is 9.84 Å². The fraction of sp³-hybridized carbons (Fsp3) is 0.281. The summed E-state index contributed by atoms with van der Waals surface area (Å²) in [5, 5.41) is 17.6. The summed E-state index contributed by atoms with van der Waals surface area (Å²) in [6.07, 6.45) is 2.30. The second-order valence-corrected chi connectivity index (χ2v) is 13.3. The van der Waals surface area contributed by atoms with Crippen molar-refractivity contribution < 1.29 is 17.9 Å². The Morgan fingerprint density at radius 2 is 1.81 bits per heavy atom. The molecular weight excluding hydrogens is 569 g/mol. The summed E-state index contributed by atoms with van der Waals surface area (Å²) in [5.74, 6) is 8.49. The minimum Gasteiger partial charge on any atom is -0.494 e. The predicted molar refractivity (Wildman–Crippen MR) is 167 cm³/mol. The van der Waals surface area contributed by atoms with Crippen molar-refractivity contribution in [3.8, 4) is 34.5 Å². The number of hydrogen-bond donors (Lipinski definition) is 1. The highest BCUT2D eigenvalue weighted by Crippen LogP contribution is 2.37. The van der Waals surface area contributed by atoms with Crippen LogP contribution in [0.15, 0.2) is 66.0 Å². The Balaban J connectivity index is 1.25. The van der Waals surface area contributed by atoms with Gasteiger partial charge in [-0.3, -0.25) is 0 Å². The van der Waals surface area contributed by atoms with Gasteiger partial charge in [-0.05, 0) is 84.3 Å². The van der Waals surface area contributed by atoms with Crippen molar-refractivity contribution in [2.75, 3.05) is 18.6 Å². The molecule has 0 bridgehead atoms. The summed E-state index contributed by atoms with van der Waals surface area (Å²) in [6, 6.07) is 20.5. The van der Waals surface area contributed by atoms with E-state index in [-0.39, 0.29) is 11.7 Å². The molecule has 0 aliphatic carbocycles. The zero-order valence-corrected chi connectivity index (χ0v) is 25.4. The number of H-pyrrole nitrogens is 1. The molecule has 0 spiro atoms. The predicted octanol–water partition coefficient (Wildman–Crippen LogP) is 6.13. The summed E-state index contributed by atoms with van der Waals surface area (Å²) in [5.41, 5.74) is 5.58. The number of rotatable bonds is 12. The molecule has 0 saturated carbocycles. The molecule has 0 amide bonds. The standard InChI is InChI=1S/C32H32N4O4S2/c1-4-6-25(19-32-33-35-36-34-32)24-8-10-26(11-9-24)40-20-23-7-14-31-29(18-23)30(21-41-31)28-13-12-27(17-22(28)2)39-15-5-16-42(3,37)38/h7-14,17-18,21,25H,5,15-16,19-20H2,1-3H3,(H,33,34,35,36). The van der Waals surface area contributed by atoms with Crippen LogP contribution in [0, 0.1) is 18.8 Å². The van der Waals surface area contributed by atoms with E-state index >= 15 is 0 Å². The van der Waals surface area contributed by atoms with E-state index in [1.54, 1.807) is 11.3 Å². The lowest BCUT2D eigenvalue weighted by Crippen LogP contribution is -2.08. The minimum absolute atomic E-state index is 0.0231. The molecule has 5 rings (SSSR count). The van der Waals surface area contributed by atoms with Crippen molar-refractivity contribution in [1.82, 2.24) is 20.6 Å². The highest BCUT2D eigenvalue weighted by Gasteiger charge is 2.14. The number of fused-ring (bicyclic) bond motifs is 1. The van der Waals surface area contributed by atoms with E-state index in [1.165, 1.54) is 21.9 Å². The Morgan fingerprint density at radius 1 is 1.00 bits per heavy atom. The molecule has 3 aromatic carbocycles. The Labute approximate surface area is 250 Å². The summed E-state index contributed by atoms with van der Waals surface area (Å²) in [7, 11) is -2.98. The molecular formula is C32H32N4O4S2. The molecule has 0 saturated heterocycles. The second kappa shape index (κ2) is 13.2. The molecule has 0 fully saturated rings. The third-order valence-electron chi connectivity index (χ3n) is 6.84. The van der Waals surface area contributed by atoms with Gasteiger partial charge in [0.1, 0.15) is 27.9 Å². The van der Waals surface area contributed by atoms with Crippen LogP contribution in [0.4, 0.5) is 0 Å². The average molecular weight is 601 g/mol. The van der Waals surface area contributed by atoms with E-state index in [2.05, 4.69) is 69.0 Å². The third-order valence-corrected chi connectivity index (χ3v) is 8.83. The Hall–Kier alpha value is -4.20. The first-order valence-electron chi connectivity index (χ1n) is 13.6. The SMILES string of the molecule is CC#CC(Cc1nn[nH]n1)c1ccc(OCc2ccc3scc(-c4ccc(OCCCS(C)(=O)=O)cc4C)c3c2)cc1. The van der Waals surface area contributed by atoms with Gasteiger partial charge in [-0.15, -0.1) is 27.5 Å². The smallest absolute Gasteiger partial charge is 0.176 e. The number of hydrogen-bond acceptors (Lipinski definition) is 8. The first-order valence-corrected chi connectivity index (χ1v) is 16.5. The zero-order valence-electron chi connectivity index (χ0n) is 23.8. The van der Waals surface area contributed by atoms with Crippen molar-refractivity contribution in [2.45, 2.75) is 39.2 Å². The van der Waals surface area contributed by atoms with Gasteiger partial charge in [0.25, 0.3) is 0 Å². The van der Waals surface area contributed by atoms with Gasteiger partial charge in [0.05, 0.1) is 18.3 Å². The number of aryl methyl sites for hydroxylation is 1. The molecule has 1 atom stereocenters. The van der Waals surface area contributed by atoms with E-state index in [0.717, 1.165) is 33.8 Å². The number of ether oxygens (including phenoxy) is 2. The topological polar surface area (TPSA) is 107 Å². The van der Waals surface area contributed by atoms with E-state index in [0.29, 0.717) is 31.9 Å². The van der Waals surface area contributed by atoms with Crippen LogP contribution in [0.5, 0.6) is 11.5 Å². The Bertz CT molecular complexity index is 1820. The molecule has 42 heavy (non-hydrogen) atoms. The number of nitrogens with zero attached hydrogens (tertiary/aromatic N) is 3. The lowest BCUT2D eigenvalue weighted by Gasteiger charge is -2.12. The van der Waals surface area contributed by atoms with E-state index in [9.17, 15) is 8.42 Å². The van der Waals surface area contributed by atoms with Crippen molar-refractivity contribution >= 4 is 31.3 Å². The number of nitrogens with one attached hydrogen (secondary N) is 1. The average Bonchev–Trinajstić information content (AvgIpc) is 3.64. The maximum Gasteiger partial charge on any atom is 0.176 e. The van der Waals surface area contributed by atoms with Gasteiger partial charge < -0.3 is 9.47 Å². The van der Waals surface area contributed by atoms with Gasteiger partial charge >= 0.3 is 0 Å². The number of sulfone groups is 1. The zero-order chi connectivity index (χ0) is 29.5. The fourth-order valence-corrected chi connectivity index (χ4v) is 6.34. The maximum atomic E-state index is 11.3. The Kier molecular flexibility index (Phi) is 9.20. The highest BCUT2D eigenvalue weighted by molar-refractivity contribution is 7.90. The van der Waals surface area contributed by atoms with Crippen LogP contribution < -0.4 is 9.47 Å². The summed E-state index contributed by atoms with van der Waals surface area (Å²) < 4.78 is 35.8. The first-order chi connectivity index (χ1) is 20.3. The number of benzene rings is 3. The molecule has 8 nitrogen and oxygen atoms in total. The maximum absolute atomic E-state index is 11.3. The van der Waals surface area contributed by atoms with Gasteiger partial charge in [-0.2, -0.15) is 5.21 Å². The molecule has 0 aliphatic rings. The van der Waals surface area contributed by atoms with E-state index in [1.807, 2.05) is 43.3 Å². The molecule has 2 aromatic heterocycles. The molecule has 0 radical (unpaired) electrons. The van der Waals surface area contributed by atoms with Crippen molar-refractivity contribution in [2.24, 2.45) is 0 Å². The number of aromatic amines is 1. The largest absolute Gasteiger partial charge is 0.494 e. The van der Waals surface area contributed by atoms with Gasteiger partial charge in [0.15, 0.2) is 5.82 Å². The van der Waals surface area contributed by atoms with Gasteiger partial charge in [0.2, 0.25) is 0 Å². The van der Waals surface area contributed by atoms with Crippen LogP contribution in [0.2, 0.25) is 0 Å². The monoisotopic (exact) mass is 600 g/mol. The van der Waals surface area contributed by atoms with Gasteiger partial charge in [-0.1, -0.05) is 35.4 Å². The fourth-order valence-electron chi connectivity index (χ4n) is 4.75. The van der Waals surface area contributed by atoms with Gasteiger partial charge in [-0.25, -0.2) is 8.42 Å². The van der Waals surface area contributed by atoms with E-state index in [4.69, 9.17) is 9.47 Å². The summed E-state index contributed by atoms with van der Waals surface area (Å²) in [4.78, 5) is 0. The minimum atomic E-state index is -2.98. The van der Waals surface area contributed by atoms with Crippen LogP contribution in [0.1, 0.15) is 41.8 Å². The van der Waals surface area contributed by atoms with Crippen molar-refractivity contribution in [1.29, 1.82) is 0 Å². The van der Waals surface area contributed by atoms with Crippen LogP contribution in [0.3, 0.4) is 0 Å². The van der Waals surface area contributed by atoms with Crippen molar-refractivity contribution in [3.05, 3.63) is 88.6 Å². The third kappa shape index (κ3) is 7.55. The van der Waals surface area contributed by atoms with Crippen LogP contribution in [-0.2, 0) is 22.9 Å². The molecule has 0 aliphatic heterocycles. The lowest BCUT2D eigenvalue weighted by atomic mass is 9.96. The molecule has 1 N–H and O–H groups in total. The van der Waals surface area contributed by atoms with Crippen LogP contribution in [0.25, 0.3) is 21.2 Å². The van der Waals surface area contributed by atoms with Crippen LogP contribution in [-0.4, -0.2) is 47.7 Å². The first kappa shape index (κ1) is 29.3. The summed E-state index contributed by atoms with van der Waals surface area (Å²) in [6.45, 7) is 4.71. The Morgan fingerprint density at radius 3 is 2.52 bits per heavy atom. The molecule has 216 valence electrons. The summed E-state index contributed by atoms with van der Waals surface area (Å²) >= 11 is 1.72. The number of tetrazole rings is 1. The molecule has 10 heteroatoms. The lowest BCUT2D eigenvalue weighted by molar-refractivity contribution is 0.306. The highest BCUT2D eigenvalue weighted by atomic mass is 32.2. The molecule has 5 aromatic rings.